The first kappa shape index (κ1) is 21.6. The lowest BCUT2D eigenvalue weighted by molar-refractivity contribution is 0.0948. The van der Waals surface area contributed by atoms with E-state index in [1.54, 1.807) is 25.1 Å². The number of nitrogens with one attached hydrogen (secondary N) is 1. The SMILES string of the molecule is Cc1nc(CSc2ccccc2C(=O)NCc2ccc(Oc3ccc(F)cc3)cc2)no1. The summed E-state index contributed by atoms with van der Waals surface area (Å²) in [5, 5.41) is 6.83. The summed E-state index contributed by atoms with van der Waals surface area (Å²) in [5.74, 6) is 2.32. The molecule has 0 bridgehead atoms. The van der Waals surface area contributed by atoms with Gasteiger partial charge in [-0.25, -0.2) is 4.39 Å². The van der Waals surface area contributed by atoms with E-state index in [2.05, 4.69) is 15.5 Å². The molecule has 1 N–H and O–H groups in total. The summed E-state index contributed by atoms with van der Waals surface area (Å²) in [6.07, 6.45) is 0. The lowest BCUT2D eigenvalue weighted by atomic mass is 10.2. The molecule has 4 aromatic rings. The van der Waals surface area contributed by atoms with Crippen LogP contribution in [0, 0.1) is 12.7 Å². The minimum absolute atomic E-state index is 0.163. The molecule has 0 aliphatic heterocycles. The molecule has 1 heterocycles. The second-order valence-corrected chi connectivity index (χ2v) is 7.91. The van der Waals surface area contributed by atoms with Crippen LogP contribution in [0.5, 0.6) is 11.5 Å². The number of rotatable bonds is 8. The van der Waals surface area contributed by atoms with Gasteiger partial charge in [0, 0.05) is 18.4 Å². The Balaban J connectivity index is 1.34. The van der Waals surface area contributed by atoms with E-state index in [9.17, 15) is 9.18 Å². The molecular formula is C24H20FN3O3S. The molecule has 0 atom stereocenters. The number of benzene rings is 3. The van der Waals surface area contributed by atoms with Crippen LogP contribution in [0.25, 0.3) is 0 Å². The van der Waals surface area contributed by atoms with Crippen molar-refractivity contribution < 1.29 is 18.4 Å². The number of aromatic nitrogens is 2. The van der Waals surface area contributed by atoms with Crippen LogP contribution in [0.1, 0.15) is 27.6 Å². The Bertz CT molecular complexity index is 1190. The number of hydrogen-bond donors (Lipinski definition) is 1. The number of amides is 1. The van der Waals surface area contributed by atoms with E-state index < -0.39 is 0 Å². The summed E-state index contributed by atoms with van der Waals surface area (Å²) < 4.78 is 23.7. The molecule has 3 aromatic carbocycles. The molecule has 4 rings (SSSR count). The lowest BCUT2D eigenvalue weighted by Crippen LogP contribution is -2.23. The first-order valence-electron chi connectivity index (χ1n) is 9.88. The van der Waals surface area contributed by atoms with Crippen LogP contribution in [-0.4, -0.2) is 16.0 Å². The van der Waals surface area contributed by atoms with Gasteiger partial charge >= 0.3 is 0 Å². The molecule has 1 amide bonds. The predicted octanol–water partition coefficient (Wildman–Crippen LogP) is 5.53. The van der Waals surface area contributed by atoms with E-state index in [1.807, 2.05) is 42.5 Å². The van der Waals surface area contributed by atoms with Gasteiger partial charge < -0.3 is 14.6 Å². The fourth-order valence-electron chi connectivity index (χ4n) is 2.91. The maximum atomic E-state index is 13.0. The summed E-state index contributed by atoms with van der Waals surface area (Å²) >= 11 is 1.48. The van der Waals surface area contributed by atoms with Crippen LogP contribution in [0.15, 0.2) is 82.2 Å². The number of halogens is 1. The van der Waals surface area contributed by atoms with Gasteiger partial charge in [-0.3, -0.25) is 4.79 Å². The van der Waals surface area contributed by atoms with E-state index >= 15 is 0 Å². The van der Waals surface area contributed by atoms with Crippen molar-refractivity contribution in [2.24, 2.45) is 0 Å². The van der Waals surface area contributed by atoms with Crippen LogP contribution in [0.2, 0.25) is 0 Å². The van der Waals surface area contributed by atoms with Crippen LogP contribution in [0.3, 0.4) is 0 Å². The van der Waals surface area contributed by atoms with Crippen molar-refractivity contribution in [1.82, 2.24) is 15.5 Å². The highest BCUT2D eigenvalue weighted by molar-refractivity contribution is 7.98. The number of thioether (sulfide) groups is 1. The first-order valence-corrected chi connectivity index (χ1v) is 10.9. The Morgan fingerprint density at radius 2 is 1.72 bits per heavy atom. The van der Waals surface area contributed by atoms with Gasteiger partial charge in [0.1, 0.15) is 17.3 Å². The first-order chi connectivity index (χ1) is 15.6. The van der Waals surface area contributed by atoms with Crippen molar-refractivity contribution in [2.45, 2.75) is 24.1 Å². The highest BCUT2D eigenvalue weighted by Gasteiger charge is 2.13. The highest BCUT2D eigenvalue weighted by Crippen LogP contribution is 2.26. The van der Waals surface area contributed by atoms with Gasteiger partial charge in [0.15, 0.2) is 5.82 Å². The van der Waals surface area contributed by atoms with Crippen molar-refractivity contribution in [3.63, 3.8) is 0 Å². The number of nitrogens with zero attached hydrogens (tertiary/aromatic N) is 2. The largest absolute Gasteiger partial charge is 0.457 e. The fraction of sp³-hybridized carbons (Fsp3) is 0.125. The maximum absolute atomic E-state index is 13.0. The number of aryl methyl sites for hydroxylation is 1. The average molecular weight is 450 g/mol. The summed E-state index contributed by atoms with van der Waals surface area (Å²) in [7, 11) is 0. The third-order valence-electron chi connectivity index (χ3n) is 4.48. The number of carbonyl (C=O) groups excluding carboxylic acids is 1. The summed E-state index contributed by atoms with van der Waals surface area (Å²) in [6.45, 7) is 2.11. The molecule has 1 aromatic heterocycles. The molecule has 32 heavy (non-hydrogen) atoms. The average Bonchev–Trinajstić information content (AvgIpc) is 3.24. The molecule has 6 nitrogen and oxygen atoms in total. The minimum atomic E-state index is -0.312. The third kappa shape index (κ3) is 5.73. The van der Waals surface area contributed by atoms with Gasteiger partial charge in [0.2, 0.25) is 5.89 Å². The minimum Gasteiger partial charge on any atom is -0.457 e. The number of ether oxygens (including phenoxy) is 1. The van der Waals surface area contributed by atoms with Crippen LogP contribution >= 0.6 is 11.8 Å². The van der Waals surface area contributed by atoms with Crippen LogP contribution in [0.4, 0.5) is 4.39 Å². The van der Waals surface area contributed by atoms with Crippen molar-refractivity contribution in [3.05, 3.63) is 101 Å². The second-order valence-electron chi connectivity index (χ2n) is 6.90. The maximum Gasteiger partial charge on any atom is 0.252 e. The van der Waals surface area contributed by atoms with Gasteiger partial charge in [-0.15, -0.1) is 11.8 Å². The molecule has 0 saturated heterocycles. The van der Waals surface area contributed by atoms with E-state index in [0.717, 1.165) is 10.5 Å². The third-order valence-corrected chi connectivity index (χ3v) is 5.55. The molecule has 0 saturated carbocycles. The summed E-state index contributed by atoms with van der Waals surface area (Å²) in [4.78, 5) is 17.8. The van der Waals surface area contributed by atoms with Gasteiger partial charge in [0.25, 0.3) is 5.91 Å². The van der Waals surface area contributed by atoms with E-state index in [4.69, 9.17) is 9.26 Å². The highest BCUT2D eigenvalue weighted by atomic mass is 32.2. The lowest BCUT2D eigenvalue weighted by Gasteiger charge is -2.10. The smallest absolute Gasteiger partial charge is 0.252 e. The van der Waals surface area contributed by atoms with Crippen molar-refractivity contribution >= 4 is 17.7 Å². The monoisotopic (exact) mass is 449 g/mol. The van der Waals surface area contributed by atoms with E-state index in [1.165, 1.54) is 23.9 Å². The topological polar surface area (TPSA) is 77.2 Å². The molecule has 0 aliphatic rings. The zero-order chi connectivity index (χ0) is 22.3. The Morgan fingerprint density at radius 1 is 1.03 bits per heavy atom. The zero-order valence-corrected chi connectivity index (χ0v) is 18.1. The molecular weight excluding hydrogens is 429 g/mol. The van der Waals surface area contributed by atoms with E-state index in [0.29, 0.717) is 41.1 Å². The summed E-state index contributed by atoms with van der Waals surface area (Å²) in [5.41, 5.74) is 1.52. The van der Waals surface area contributed by atoms with Gasteiger partial charge in [-0.05, 0) is 54.1 Å². The fourth-order valence-corrected chi connectivity index (χ4v) is 3.81. The standard InChI is InChI=1S/C24H20FN3O3S/c1-16-27-23(28-31-16)15-32-22-5-3-2-4-21(22)24(29)26-14-17-6-10-19(11-7-17)30-20-12-8-18(25)9-13-20/h2-13H,14-15H2,1H3,(H,26,29). The Kier molecular flexibility index (Phi) is 6.81. The van der Waals surface area contributed by atoms with Gasteiger partial charge in [0.05, 0.1) is 11.3 Å². The Hall–Kier alpha value is -3.65. The second kappa shape index (κ2) is 10.1. The summed E-state index contributed by atoms with van der Waals surface area (Å²) in [6, 6.07) is 20.6. The molecule has 0 radical (unpaired) electrons. The van der Waals surface area contributed by atoms with Crippen molar-refractivity contribution in [2.75, 3.05) is 0 Å². The molecule has 0 aliphatic carbocycles. The Morgan fingerprint density at radius 3 is 2.41 bits per heavy atom. The van der Waals surface area contributed by atoms with E-state index in [-0.39, 0.29) is 11.7 Å². The normalized spacial score (nSPS) is 10.7. The molecule has 8 heteroatoms. The number of carbonyl (C=O) groups is 1. The van der Waals surface area contributed by atoms with Crippen molar-refractivity contribution in [3.8, 4) is 11.5 Å². The Labute approximate surface area is 188 Å². The van der Waals surface area contributed by atoms with Crippen LogP contribution < -0.4 is 10.1 Å². The van der Waals surface area contributed by atoms with Gasteiger partial charge in [-0.1, -0.05) is 29.4 Å². The van der Waals surface area contributed by atoms with Gasteiger partial charge in [-0.2, -0.15) is 4.98 Å². The molecule has 0 unspecified atom stereocenters. The molecule has 0 spiro atoms. The predicted molar refractivity (Wildman–Crippen MR) is 119 cm³/mol. The molecule has 162 valence electrons. The van der Waals surface area contributed by atoms with Crippen LogP contribution in [-0.2, 0) is 12.3 Å². The number of hydrogen-bond acceptors (Lipinski definition) is 6. The van der Waals surface area contributed by atoms with Crippen molar-refractivity contribution in [1.29, 1.82) is 0 Å². The molecule has 0 fully saturated rings. The quantitative estimate of drug-likeness (QED) is 0.356. The zero-order valence-electron chi connectivity index (χ0n) is 17.2.